The number of Topliss-reactive ketones (excluding diaryl/α,β-unsaturated/α-hetero) is 1. The van der Waals surface area contributed by atoms with E-state index in [0.717, 1.165) is 5.04 Å². The zero-order chi connectivity index (χ0) is 15.0. The molecular weight excluding hydrogens is 302 g/mol. The Morgan fingerprint density at radius 1 is 1.33 bits per heavy atom. The summed E-state index contributed by atoms with van der Waals surface area (Å²) in [6.07, 6.45) is -3.16. The minimum Gasteiger partial charge on any atom is -0.395 e. The van der Waals surface area contributed by atoms with Crippen LogP contribution in [0.15, 0.2) is 28.4 Å². The standard InChI is InChI=1S/C13H10F2N2O3S/c1-7(18)6-21-12-5-9(16-17-12)8-2-3-10-11(4-8)20-13(14,15)19-10/h2-4H,5-6H2,1H3. The molecule has 2 heterocycles. The Labute approximate surface area is 123 Å². The number of benzene rings is 1. The van der Waals surface area contributed by atoms with Crippen molar-refractivity contribution in [1.29, 1.82) is 0 Å². The molecule has 2 aliphatic rings. The highest BCUT2D eigenvalue weighted by atomic mass is 32.2. The number of hydrogen-bond donors (Lipinski definition) is 0. The molecule has 0 unspecified atom stereocenters. The average molecular weight is 312 g/mol. The zero-order valence-corrected chi connectivity index (χ0v) is 11.7. The number of thioether (sulfide) groups is 1. The summed E-state index contributed by atoms with van der Waals surface area (Å²) < 4.78 is 34.6. The first kappa shape index (κ1) is 14.0. The van der Waals surface area contributed by atoms with E-state index in [4.69, 9.17) is 0 Å². The van der Waals surface area contributed by atoms with Gasteiger partial charge in [0.15, 0.2) is 11.5 Å². The molecule has 0 radical (unpaired) electrons. The monoisotopic (exact) mass is 312 g/mol. The minimum atomic E-state index is -3.63. The van der Waals surface area contributed by atoms with Crippen LogP contribution in [0.5, 0.6) is 11.5 Å². The molecule has 8 heteroatoms. The van der Waals surface area contributed by atoms with Crippen molar-refractivity contribution >= 4 is 28.3 Å². The molecule has 0 aromatic heterocycles. The van der Waals surface area contributed by atoms with E-state index in [0.29, 0.717) is 23.4 Å². The summed E-state index contributed by atoms with van der Waals surface area (Å²) in [7, 11) is 0. The van der Waals surface area contributed by atoms with Gasteiger partial charge >= 0.3 is 6.29 Å². The average Bonchev–Trinajstić information content (AvgIpc) is 2.97. The summed E-state index contributed by atoms with van der Waals surface area (Å²) in [5, 5.41) is 8.72. The normalized spacial score (nSPS) is 18.4. The third-order valence-electron chi connectivity index (χ3n) is 2.78. The fourth-order valence-corrected chi connectivity index (χ4v) is 2.59. The third-order valence-corrected chi connectivity index (χ3v) is 3.89. The molecule has 0 aliphatic carbocycles. The van der Waals surface area contributed by atoms with E-state index in [1.165, 1.54) is 30.8 Å². The van der Waals surface area contributed by atoms with Crippen LogP contribution in [-0.2, 0) is 4.79 Å². The number of ketones is 1. The van der Waals surface area contributed by atoms with Crippen molar-refractivity contribution in [2.45, 2.75) is 19.6 Å². The molecule has 110 valence electrons. The molecule has 0 N–H and O–H groups in total. The van der Waals surface area contributed by atoms with Gasteiger partial charge in [-0.2, -0.15) is 5.10 Å². The molecule has 5 nitrogen and oxygen atoms in total. The lowest BCUT2D eigenvalue weighted by Gasteiger charge is -2.04. The predicted molar refractivity (Wildman–Crippen MR) is 74.4 cm³/mol. The van der Waals surface area contributed by atoms with E-state index in [1.54, 1.807) is 6.07 Å². The van der Waals surface area contributed by atoms with E-state index < -0.39 is 6.29 Å². The van der Waals surface area contributed by atoms with Crippen molar-refractivity contribution in [2.75, 3.05) is 5.75 Å². The molecule has 0 fully saturated rings. The maximum atomic E-state index is 13.0. The minimum absolute atomic E-state index is 0.00514. The molecule has 1 aromatic rings. The Morgan fingerprint density at radius 3 is 2.86 bits per heavy atom. The molecule has 2 aliphatic heterocycles. The molecule has 0 spiro atoms. The molecule has 1 aromatic carbocycles. The molecule has 3 rings (SSSR count). The summed E-state index contributed by atoms with van der Waals surface area (Å²) in [4.78, 5) is 10.9. The van der Waals surface area contributed by atoms with Crippen LogP contribution in [0.3, 0.4) is 0 Å². The van der Waals surface area contributed by atoms with Crippen LogP contribution in [0.2, 0.25) is 0 Å². The fraction of sp³-hybridized carbons (Fsp3) is 0.308. The lowest BCUT2D eigenvalue weighted by molar-refractivity contribution is -0.286. The number of carbonyl (C=O) groups is 1. The van der Waals surface area contributed by atoms with E-state index in [1.807, 2.05) is 0 Å². The van der Waals surface area contributed by atoms with Gasteiger partial charge in [0, 0.05) is 12.0 Å². The van der Waals surface area contributed by atoms with E-state index in [9.17, 15) is 13.6 Å². The van der Waals surface area contributed by atoms with Crippen LogP contribution in [0.1, 0.15) is 18.9 Å². The first-order chi connectivity index (χ1) is 9.93. The summed E-state index contributed by atoms with van der Waals surface area (Å²) in [6.45, 7) is 1.50. The van der Waals surface area contributed by atoms with Crippen LogP contribution in [0.4, 0.5) is 8.78 Å². The smallest absolute Gasteiger partial charge is 0.395 e. The molecule has 21 heavy (non-hydrogen) atoms. The Hall–Kier alpha value is -1.96. The van der Waals surface area contributed by atoms with Gasteiger partial charge in [0.25, 0.3) is 0 Å². The predicted octanol–water partition coefficient (Wildman–Crippen LogP) is 2.84. The maximum Gasteiger partial charge on any atom is 0.586 e. The molecule has 0 saturated carbocycles. The van der Waals surface area contributed by atoms with Gasteiger partial charge in [-0.3, -0.25) is 4.79 Å². The van der Waals surface area contributed by atoms with Gasteiger partial charge in [-0.25, -0.2) is 0 Å². The molecule has 0 atom stereocenters. The van der Waals surface area contributed by atoms with Crippen LogP contribution in [0, 0.1) is 0 Å². The van der Waals surface area contributed by atoms with Gasteiger partial charge in [0.2, 0.25) is 0 Å². The van der Waals surface area contributed by atoms with Gasteiger partial charge in [-0.1, -0.05) is 0 Å². The van der Waals surface area contributed by atoms with Gasteiger partial charge < -0.3 is 9.47 Å². The van der Waals surface area contributed by atoms with Crippen LogP contribution < -0.4 is 9.47 Å². The lowest BCUT2D eigenvalue weighted by Crippen LogP contribution is -2.25. The summed E-state index contributed by atoms with van der Waals surface area (Å²) in [5.41, 5.74) is 1.28. The highest BCUT2D eigenvalue weighted by Gasteiger charge is 2.43. The molecule has 0 bridgehead atoms. The van der Waals surface area contributed by atoms with E-state index >= 15 is 0 Å². The second-order valence-electron chi connectivity index (χ2n) is 4.54. The Bertz CT molecular complexity index is 673. The van der Waals surface area contributed by atoms with Gasteiger partial charge in [-0.05, 0) is 25.1 Å². The van der Waals surface area contributed by atoms with E-state index in [2.05, 4.69) is 19.7 Å². The Morgan fingerprint density at radius 2 is 2.10 bits per heavy atom. The highest BCUT2D eigenvalue weighted by molar-refractivity contribution is 8.14. The number of carbonyl (C=O) groups excluding carboxylic acids is 1. The SMILES string of the molecule is CC(=O)CSC1=NN=C(c2ccc3c(c2)OC(F)(F)O3)C1. The zero-order valence-electron chi connectivity index (χ0n) is 10.9. The second-order valence-corrected chi connectivity index (χ2v) is 5.59. The number of alkyl halides is 2. The number of fused-ring (bicyclic) bond motifs is 1. The van der Waals surface area contributed by atoms with Crippen molar-refractivity contribution in [2.24, 2.45) is 10.2 Å². The lowest BCUT2D eigenvalue weighted by atomic mass is 10.1. The van der Waals surface area contributed by atoms with Crippen LogP contribution in [-0.4, -0.2) is 28.6 Å². The van der Waals surface area contributed by atoms with E-state index in [-0.39, 0.29) is 17.3 Å². The van der Waals surface area contributed by atoms with Crippen molar-refractivity contribution in [3.05, 3.63) is 23.8 Å². The Balaban J connectivity index is 1.69. The van der Waals surface area contributed by atoms with Crippen LogP contribution >= 0.6 is 11.8 Å². The van der Waals surface area contributed by atoms with Gasteiger partial charge in [0.1, 0.15) is 10.8 Å². The number of hydrogen-bond acceptors (Lipinski definition) is 6. The quantitative estimate of drug-likeness (QED) is 0.861. The number of halogens is 2. The fourth-order valence-electron chi connectivity index (χ4n) is 1.88. The van der Waals surface area contributed by atoms with Crippen molar-refractivity contribution in [3.63, 3.8) is 0 Å². The summed E-state index contributed by atoms with van der Waals surface area (Å²) in [5.74, 6) is 0.371. The first-order valence-electron chi connectivity index (χ1n) is 6.09. The van der Waals surface area contributed by atoms with Crippen molar-refractivity contribution < 1.29 is 23.0 Å². The van der Waals surface area contributed by atoms with Crippen molar-refractivity contribution in [1.82, 2.24) is 0 Å². The number of ether oxygens (including phenoxy) is 2. The third kappa shape index (κ3) is 3.05. The molecule has 0 saturated heterocycles. The highest BCUT2D eigenvalue weighted by Crippen LogP contribution is 2.41. The topological polar surface area (TPSA) is 60.2 Å². The molecule has 0 amide bonds. The summed E-state index contributed by atoms with van der Waals surface area (Å²) in [6, 6.07) is 4.48. The maximum absolute atomic E-state index is 13.0. The van der Waals surface area contributed by atoms with Crippen LogP contribution in [0.25, 0.3) is 0 Å². The van der Waals surface area contributed by atoms with Gasteiger partial charge in [0.05, 0.1) is 11.5 Å². The second kappa shape index (κ2) is 5.10. The number of rotatable bonds is 3. The largest absolute Gasteiger partial charge is 0.586 e. The van der Waals surface area contributed by atoms with Gasteiger partial charge in [-0.15, -0.1) is 25.6 Å². The Kier molecular flexibility index (Phi) is 3.40. The van der Waals surface area contributed by atoms with Crippen molar-refractivity contribution in [3.8, 4) is 11.5 Å². The summed E-state index contributed by atoms with van der Waals surface area (Å²) >= 11 is 1.33. The number of nitrogens with zero attached hydrogens (tertiary/aromatic N) is 2. The first-order valence-corrected chi connectivity index (χ1v) is 7.07. The molecular formula is C13H10F2N2O3S.